The third-order valence-electron chi connectivity index (χ3n) is 4.69. The van der Waals surface area contributed by atoms with Crippen LogP contribution in [0, 0.1) is 5.92 Å². The molecule has 4 atom stereocenters. The molecule has 0 aromatic rings. The molecule has 0 spiro atoms. The molecule has 0 aliphatic carbocycles. The lowest BCUT2D eigenvalue weighted by molar-refractivity contribution is 0.0777. The smallest absolute Gasteiger partial charge is 0.0240 e. The van der Waals surface area contributed by atoms with Crippen LogP contribution in [0.5, 0.6) is 0 Å². The first-order valence-electron chi connectivity index (χ1n) is 6.77. The summed E-state index contributed by atoms with van der Waals surface area (Å²) in [5.74, 6) is 0.734. The average molecular weight is 225 g/mol. The van der Waals surface area contributed by atoms with Gasteiger partial charge in [-0.3, -0.25) is 4.90 Å². The third kappa shape index (κ3) is 2.41. The Labute approximate surface area is 100.0 Å². The Morgan fingerprint density at radius 1 is 1.12 bits per heavy atom. The standard InChI is InChI=1S/C13H27N3/c1-10-4-5-12(7-14)8-16(10)13-6-11(2)15(3)9-13/h10-13H,4-9,14H2,1-3H3. The number of rotatable bonds is 2. The highest BCUT2D eigenvalue weighted by molar-refractivity contribution is 4.92. The van der Waals surface area contributed by atoms with Crippen LogP contribution in [-0.4, -0.2) is 54.6 Å². The van der Waals surface area contributed by atoms with Crippen LogP contribution in [0.25, 0.3) is 0 Å². The van der Waals surface area contributed by atoms with E-state index in [1.165, 1.54) is 32.4 Å². The Kier molecular flexibility index (Phi) is 3.88. The Bertz CT molecular complexity index is 221. The monoisotopic (exact) mass is 225 g/mol. The fourth-order valence-electron chi connectivity index (χ4n) is 3.31. The molecule has 3 heteroatoms. The Balaban J connectivity index is 1.96. The molecule has 94 valence electrons. The first-order chi connectivity index (χ1) is 7.61. The number of piperidine rings is 1. The second-order valence-corrected chi connectivity index (χ2v) is 5.90. The van der Waals surface area contributed by atoms with Crippen LogP contribution in [0.1, 0.15) is 33.1 Å². The van der Waals surface area contributed by atoms with Gasteiger partial charge in [0.05, 0.1) is 0 Å². The molecule has 2 fully saturated rings. The topological polar surface area (TPSA) is 32.5 Å². The molecule has 0 aromatic heterocycles. The summed E-state index contributed by atoms with van der Waals surface area (Å²) >= 11 is 0. The van der Waals surface area contributed by atoms with E-state index in [0.29, 0.717) is 0 Å². The predicted molar refractivity (Wildman–Crippen MR) is 68.4 cm³/mol. The van der Waals surface area contributed by atoms with Gasteiger partial charge >= 0.3 is 0 Å². The van der Waals surface area contributed by atoms with Crippen molar-refractivity contribution in [3.63, 3.8) is 0 Å². The van der Waals surface area contributed by atoms with Gasteiger partial charge in [0.2, 0.25) is 0 Å². The second kappa shape index (κ2) is 5.03. The summed E-state index contributed by atoms with van der Waals surface area (Å²) in [5.41, 5.74) is 5.83. The Hall–Kier alpha value is -0.120. The van der Waals surface area contributed by atoms with Gasteiger partial charge in [-0.05, 0) is 52.6 Å². The number of likely N-dealkylation sites (N-methyl/N-ethyl adjacent to an activating group) is 1. The minimum atomic E-state index is 0.734. The predicted octanol–water partition coefficient (Wildman–Crippen LogP) is 1.14. The lowest BCUT2D eigenvalue weighted by Gasteiger charge is -2.41. The number of hydrogen-bond acceptors (Lipinski definition) is 3. The molecule has 0 saturated carbocycles. The van der Waals surface area contributed by atoms with E-state index in [2.05, 4.69) is 30.7 Å². The van der Waals surface area contributed by atoms with Gasteiger partial charge in [-0.1, -0.05) is 0 Å². The van der Waals surface area contributed by atoms with Gasteiger partial charge in [-0.25, -0.2) is 0 Å². The summed E-state index contributed by atoms with van der Waals surface area (Å²) in [6.45, 7) is 8.05. The number of nitrogens with two attached hydrogens (primary N) is 1. The van der Waals surface area contributed by atoms with Crippen molar-refractivity contribution >= 4 is 0 Å². The van der Waals surface area contributed by atoms with Crippen LogP contribution >= 0.6 is 0 Å². The molecule has 2 N–H and O–H groups in total. The summed E-state index contributed by atoms with van der Waals surface area (Å²) in [4.78, 5) is 5.21. The summed E-state index contributed by atoms with van der Waals surface area (Å²) < 4.78 is 0. The molecular formula is C13H27N3. The normalized spacial score (nSPS) is 42.8. The number of nitrogens with zero attached hydrogens (tertiary/aromatic N) is 2. The van der Waals surface area contributed by atoms with E-state index in [0.717, 1.165) is 30.6 Å². The molecule has 2 heterocycles. The van der Waals surface area contributed by atoms with E-state index in [4.69, 9.17) is 5.73 Å². The van der Waals surface area contributed by atoms with Crippen molar-refractivity contribution in [1.29, 1.82) is 0 Å². The molecule has 0 bridgehead atoms. The van der Waals surface area contributed by atoms with E-state index in [9.17, 15) is 0 Å². The minimum absolute atomic E-state index is 0.734. The van der Waals surface area contributed by atoms with Crippen molar-refractivity contribution in [3.8, 4) is 0 Å². The van der Waals surface area contributed by atoms with Crippen molar-refractivity contribution in [3.05, 3.63) is 0 Å². The van der Waals surface area contributed by atoms with Gasteiger partial charge in [-0.15, -0.1) is 0 Å². The highest BCUT2D eigenvalue weighted by Crippen LogP contribution is 2.28. The molecule has 3 nitrogen and oxygen atoms in total. The first kappa shape index (κ1) is 12.3. The molecule has 2 rings (SSSR count). The van der Waals surface area contributed by atoms with E-state index in [1.807, 2.05) is 0 Å². The summed E-state index contributed by atoms with van der Waals surface area (Å²) in [5, 5.41) is 0. The largest absolute Gasteiger partial charge is 0.330 e. The van der Waals surface area contributed by atoms with Crippen molar-refractivity contribution in [1.82, 2.24) is 9.80 Å². The lowest BCUT2D eigenvalue weighted by atomic mass is 9.91. The van der Waals surface area contributed by atoms with Gasteiger partial charge in [0.1, 0.15) is 0 Å². The van der Waals surface area contributed by atoms with Crippen molar-refractivity contribution in [2.24, 2.45) is 11.7 Å². The zero-order valence-corrected chi connectivity index (χ0v) is 11.0. The zero-order valence-electron chi connectivity index (χ0n) is 11.0. The molecule has 0 aromatic carbocycles. The van der Waals surface area contributed by atoms with Crippen LogP contribution in [0.4, 0.5) is 0 Å². The minimum Gasteiger partial charge on any atom is -0.330 e. The first-order valence-corrected chi connectivity index (χ1v) is 6.77. The molecule has 2 saturated heterocycles. The van der Waals surface area contributed by atoms with Crippen molar-refractivity contribution in [2.75, 3.05) is 26.7 Å². The Morgan fingerprint density at radius 2 is 1.88 bits per heavy atom. The van der Waals surface area contributed by atoms with E-state index < -0.39 is 0 Å². The summed E-state index contributed by atoms with van der Waals surface area (Å²) in [6.07, 6.45) is 3.99. The van der Waals surface area contributed by atoms with Gasteiger partial charge in [0, 0.05) is 31.2 Å². The molecular weight excluding hydrogens is 198 g/mol. The highest BCUT2D eigenvalue weighted by atomic mass is 15.3. The van der Waals surface area contributed by atoms with Crippen molar-refractivity contribution < 1.29 is 0 Å². The highest BCUT2D eigenvalue weighted by Gasteiger charge is 2.35. The van der Waals surface area contributed by atoms with Gasteiger partial charge in [-0.2, -0.15) is 0 Å². The number of likely N-dealkylation sites (tertiary alicyclic amines) is 2. The maximum absolute atomic E-state index is 5.83. The number of hydrogen-bond donors (Lipinski definition) is 1. The molecule has 16 heavy (non-hydrogen) atoms. The quantitative estimate of drug-likeness (QED) is 0.765. The fourth-order valence-corrected chi connectivity index (χ4v) is 3.31. The van der Waals surface area contributed by atoms with Gasteiger partial charge in [0.15, 0.2) is 0 Å². The summed E-state index contributed by atoms with van der Waals surface area (Å²) in [6, 6.07) is 2.27. The summed E-state index contributed by atoms with van der Waals surface area (Å²) in [7, 11) is 2.25. The SMILES string of the molecule is CC1CC(N2CC(CN)CCC2C)CN1C. The lowest BCUT2D eigenvalue weighted by Crippen LogP contribution is -2.50. The van der Waals surface area contributed by atoms with Crippen LogP contribution in [-0.2, 0) is 0 Å². The van der Waals surface area contributed by atoms with E-state index >= 15 is 0 Å². The zero-order chi connectivity index (χ0) is 11.7. The van der Waals surface area contributed by atoms with Crippen LogP contribution in [0.15, 0.2) is 0 Å². The second-order valence-electron chi connectivity index (χ2n) is 5.90. The van der Waals surface area contributed by atoms with Gasteiger partial charge in [0.25, 0.3) is 0 Å². The third-order valence-corrected chi connectivity index (χ3v) is 4.69. The van der Waals surface area contributed by atoms with E-state index in [-0.39, 0.29) is 0 Å². The maximum Gasteiger partial charge on any atom is 0.0240 e. The molecule has 2 aliphatic heterocycles. The van der Waals surface area contributed by atoms with Crippen molar-refractivity contribution in [2.45, 2.75) is 51.2 Å². The van der Waals surface area contributed by atoms with Gasteiger partial charge < -0.3 is 10.6 Å². The molecule has 2 aliphatic rings. The average Bonchev–Trinajstić information content (AvgIpc) is 2.60. The molecule has 0 amide bonds. The fraction of sp³-hybridized carbons (Fsp3) is 1.00. The van der Waals surface area contributed by atoms with Crippen LogP contribution in [0.3, 0.4) is 0 Å². The maximum atomic E-state index is 5.83. The van der Waals surface area contributed by atoms with Crippen LogP contribution in [0.2, 0.25) is 0 Å². The van der Waals surface area contributed by atoms with Crippen LogP contribution < -0.4 is 5.73 Å². The molecule has 0 radical (unpaired) electrons. The Morgan fingerprint density at radius 3 is 2.44 bits per heavy atom. The van der Waals surface area contributed by atoms with E-state index in [1.54, 1.807) is 0 Å². The molecule has 4 unspecified atom stereocenters.